The summed E-state index contributed by atoms with van der Waals surface area (Å²) in [6.45, 7) is 3.38. The van der Waals surface area contributed by atoms with Gasteiger partial charge in [0.25, 0.3) is 5.91 Å². The fraction of sp³-hybridized carbons (Fsp3) is 0.579. The molecule has 1 aliphatic rings. The lowest BCUT2D eigenvalue weighted by Crippen LogP contribution is -2.41. The zero-order valence-corrected chi connectivity index (χ0v) is 16.8. The highest BCUT2D eigenvalue weighted by Gasteiger charge is 2.17. The first-order chi connectivity index (χ1) is 12.8. The minimum absolute atomic E-state index is 0.0930. The van der Waals surface area contributed by atoms with Gasteiger partial charge in [0, 0.05) is 17.6 Å². The van der Waals surface area contributed by atoms with Crippen LogP contribution in [0.1, 0.15) is 62.7 Å². The molecule has 0 aliphatic heterocycles. The van der Waals surface area contributed by atoms with E-state index in [1.165, 1.54) is 37.1 Å². The van der Waals surface area contributed by atoms with Gasteiger partial charge < -0.3 is 10.6 Å². The second-order valence-electron chi connectivity index (χ2n) is 7.24. The smallest absolute Gasteiger partial charge is 0.251 e. The minimum Gasteiger partial charge on any atom is -0.352 e. The Kier molecular flexibility index (Phi) is 7.79. The molecule has 0 saturated heterocycles. The maximum absolute atomic E-state index is 12.2. The van der Waals surface area contributed by atoms with Crippen molar-refractivity contribution in [1.29, 1.82) is 0 Å². The van der Waals surface area contributed by atoms with Gasteiger partial charge >= 0.3 is 0 Å². The molecule has 2 amide bonds. The van der Waals surface area contributed by atoms with E-state index >= 15 is 0 Å². The number of nitrogens with one attached hydrogen (secondary N) is 3. The molecule has 3 N–H and O–H groups in total. The van der Waals surface area contributed by atoms with Crippen LogP contribution in [-0.4, -0.2) is 38.9 Å². The minimum atomic E-state index is -3.59. The Morgan fingerprint density at radius 3 is 2.19 bits per heavy atom. The third kappa shape index (κ3) is 6.95. The number of carbonyl (C=O) groups is 2. The maximum atomic E-state index is 12.2. The number of hydrogen-bond acceptors (Lipinski definition) is 4. The van der Waals surface area contributed by atoms with E-state index < -0.39 is 15.9 Å². The molecule has 7 nitrogen and oxygen atoms in total. The van der Waals surface area contributed by atoms with Crippen LogP contribution in [0.4, 0.5) is 0 Å². The van der Waals surface area contributed by atoms with E-state index in [0.717, 1.165) is 25.7 Å². The first kappa shape index (κ1) is 21.4. The molecule has 1 aromatic carbocycles. The summed E-state index contributed by atoms with van der Waals surface area (Å²) in [5.41, 5.74) is 0.306. The van der Waals surface area contributed by atoms with Crippen molar-refractivity contribution < 1.29 is 18.0 Å². The molecule has 8 heteroatoms. The van der Waals surface area contributed by atoms with E-state index in [1.807, 2.05) is 0 Å². The SMILES string of the molecule is CC(C)NS(=O)(=O)c1ccc(C(=O)NCC(=O)NC2CCCCCC2)cc1. The van der Waals surface area contributed by atoms with Crippen molar-refractivity contribution >= 4 is 21.8 Å². The summed E-state index contributed by atoms with van der Waals surface area (Å²) in [6.07, 6.45) is 6.64. The quantitative estimate of drug-likeness (QED) is 0.614. The number of amides is 2. The van der Waals surface area contributed by atoms with Gasteiger partial charge in [-0.2, -0.15) is 0 Å². The Morgan fingerprint density at radius 1 is 1.04 bits per heavy atom. The van der Waals surface area contributed by atoms with Gasteiger partial charge in [-0.3, -0.25) is 9.59 Å². The van der Waals surface area contributed by atoms with E-state index in [2.05, 4.69) is 15.4 Å². The number of benzene rings is 1. The van der Waals surface area contributed by atoms with E-state index in [4.69, 9.17) is 0 Å². The monoisotopic (exact) mass is 395 g/mol. The van der Waals surface area contributed by atoms with Crippen LogP contribution in [0.25, 0.3) is 0 Å². The third-order valence-electron chi connectivity index (χ3n) is 4.45. The lowest BCUT2D eigenvalue weighted by Gasteiger charge is -2.16. The molecule has 0 spiro atoms. The fourth-order valence-electron chi connectivity index (χ4n) is 3.13. The highest BCUT2D eigenvalue weighted by atomic mass is 32.2. The second-order valence-corrected chi connectivity index (χ2v) is 8.95. The van der Waals surface area contributed by atoms with Crippen LogP contribution in [0.5, 0.6) is 0 Å². The van der Waals surface area contributed by atoms with Crippen molar-refractivity contribution in [2.24, 2.45) is 0 Å². The zero-order valence-electron chi connectivity index (χ0n) is 16.0. The third-order valence-corrected chi connectivity index (χ3v) is 6.12. The lowest BCUT2D eigenvalue weighted by atomic mass is 10.1. The van der Waals surface area contributed by atoms with Crippen molar-refractivity contribution in [2.45, 2.75) is 69.4 Å². The van der Waals surface area contributed by atoms with E-state index in [0.29, 0.717) is 5.56 Å². The van der Waals surface area contributed by atoms with E-state index in [-0.39, 0.29) is 29.4 Å². The molecule has 0 atom stereocenters. The van der Waals surface area contributed by atoms with Crippen molar-refractivity contribution in [3.63, 3.8) is 0 Å². The van der Waals surface area contributed by atoms with Crippen LogP contribution >= 0.6 is 0 Å². The number of hydrogen-bond donors (Lipinski definition) is 3. The summed E-state index contributed by atoms with van der Waals surface area (Å²) in [5, 5.41) is 5.55. The molecule has 0 heterocycles. The molecular weight excluding hydrogens is 366 g/mol. The van der Waals surface area contributed by atoms with Gasteiger partial charge in [0.2, 0.25) is 15.9 Å². The van der Waals surface area contributed by atoms with Crippen molar-refractivity contribution in [2.75, 3.05) is 6.54 Å². The summed E-state index contributed by atoms with van der Waals surface area (Å²) < 4.78 is 26.7. The maximum Gasteiger partial charge on any atom is 0.251 e. The van der Waals surface area contributed by atoms with Crippen LogP contribution in [0.15, 0.2) is 29.2 Å². The highest BCUT2D eigenvalue weighted by Crippen LogP contribution is 2.17. The van der Waals surface area contributed by atoms with Crippen LogP contribution in [0.3, 0.4) is 0 Å². The molecule has 0 radical (unpaired) electrons. The predicted molar refractivity (Wildman–Crippen MR) is 104 cm³/mol. The summed E-state index contributed by atoms with van der Waals surface area (Å²) in [4.78, 5) is 24.3. The summed E-state index contributed by atoms with van der Waals surface area (Å²) in [7, 11) is -3.59. The molecule has 1 aromatic rings. The Hall–Kier alpha value is -1.93. The fourth-order valence-corrected chi connectivity index (χ4v) is 4.38. The molecule has 0 unspecified atom stereocenters. The second kappa shape index (κ2) is 9.85. The Balaban J connectivity index is 1.85. The van der Waals surface area contributed by atoms with Crippen molar-refractivity contribution in [3.8, 4) is 0 Å². The molecule has 150 valence electrons. The Labute approximate surface area is 161 Å². The van der Waals surface area contributed by atoms with Gasteiger partial charge in [0.15, 0.2) is 0 Å². The number of rotatable bonds is 7. The standard InChI is InChI=1S/C19H29N3O4S/c1-14(2)22-27(25,26)17-11-9-15(10-12-17)19(24)20-13-18(23)21-16-7-5-3-4-6-8-16/h9-12,14,16,22H,3-8,13H2,1-2H3,(H,20,24)(H,21,23). The van der Waals surface area contributed by atoms with Gasteiger partial charge in [-0.15, -0.1) is 0 Å². The number of sulfonamides is 1. The first-order valence-corrected chi connectivity index (χ1v) is 11.0. The Morgan fingerprint density at radius 2 is 1.63 bits per heavy atom. The molecule has 27 heavy (non-hydrogen) atoms. The summed E-state index contributed by atoms with van der Waals surface area (Å²) in [5.74, 6) is -0.609. The van der Waals surface area contributed by atoms with Crippen LogP contribution in [0, 0.1) is 0 Å². The normalized spacial score (nSPS) is 16.0. The van der Waals surface area contributed by atoms with Crippen molar-refractivity contribution in [1.82, 2.24) is 15.4 Å². The predicted octanol–water partition coefficient (Wildman–Crippen LogP) is 1.94. The largest absolute Gasteiger partial charge is 0.352 e. The molecule has 1 saturated carbocycles. The zero-order chi connectivity index (χ0) is 19.9. The van der Waals surface area contributed by atoms with Crippen LogP contribution < -0.4 is 15.4 Å². The van der Waals surface area contributed by atoms with Gasteiger partial charge in [0.05, 0.1) is 11.4 Å². The molecule has 1 aliphatic carbocycles. The average molecular weight is 396 g/mol. The first-order valence-electron chi connectivity index (χ1n) is 9.48. The average Bonchev–Trinajstić information content (AvgIpc) is 2.87. The van der Waals surface area contributed by atoms with Gasteiger partial charge in [0.1, 0.15) is 0 Å². The molecule has 2 rings (SSSR count). The van der Waals surface area contributed by atoms with Gasteiger partial charge in [-0.1, -0.05) is 25.7 Å². The summed E-state index contributed by atoms with van der Waals surface area (Å²) in [6, 6.07) is 5.61. The Bertz CT molecular complexity index is 737. The molecule has 0 aromatic heterocycles. The lowest BCUT2D eigenvalue weighted by molar-refractivity contribution is -0.120. The van der Waals surface area contributed by atoms with Crippen molar-refractivity contribution in [3.05, 3.63) is 29.8 Å². The molecular formula is C19H29N3O4S. The topological polar surface area (TPSA) is 104 Å². The van der Waals surface area contributed by atoms with E-state index in [9.17, 15) is 18.0 Å². The molecule has 1 fully saturated rings. The van der Waals surface area contributed by atoms with Gasteiger partial charge in [-0.05, 0) is 51.0 Å². The van der Waals surface area contributed by atoms with E-state index in [1.54, 1.807) is 13.8 Å². The molecule has 0 bridgehead atoms. The van der Waals surface area contributed by atoms with Gasteiger partial charge in [-0.25, -0.2) is 13.1 Å². The highest BCUT2D eigenvalue weighted by molar-refractivity contribution is 7.89. The van der Waals surface area contributed by atoms with Crippen LogP contribution in [-0.2, 0) is 14.8 Å². The number of carbonyl (C=O) groups excluding carboxylic acids is 2. The van der Waals surface area contributed by atoms with Crippen LogP contribution in [0.2, 0.25) is 0 Å². The summed E-state index contributed by atoms with van der Waals surface area (Å²) >= 11 is 0.